The number of nitrogens with zero attached hydrogens (tertiary/aromatic N) is 1. The zero-order chi connectivity index (χ0) is 13.8. The van der Waals surface area contributed by atoms with Crippen LogP contribution in [0.3, 0.4) is 0 Å². The van der Waals surface area contributed by atoms with Crippen LogP contribution in [0.1, 0.15) is 38.2 Å². The molecule has 1 aromatic rings. The molecule has 2 aliphatic rings. The van der Waals surface area contributed by atoms with E-state index in [1.165, 1.54) is 42.6 Å². The van der Waals surface area contributed by atoms with E-state index < -0.39 is 0 Å². The van der Waals surface area contributed by atoms with E-state index in [4.69, 9.17) is 4.74 Å². The van der Waals surface area contributed by atoms with Gasteiger partial charge in [0.25, 0.3) is 0 Å². The lowest BCUT2D eigenvalue weighted by Crippen LogP contribution is -2.40. The Morgan fingerprint density at radius 3 is 3.20 bits per heavy atom. The van der Waals surface area contributed by atoms with E-state index in [2.05, 4.69) is 35.3 Å². The van der Waals surface area contributed by atoms with Gasteiger partial charge in [-0.05, 0) is 43.7 Å². The zero-order valence-corrected chi connectivity index (χ0v) is 12.5. The molecular weight excluding hydrogens is 248 g/mol. The summed E-state index contributed by atoms with van der Waals surface area (Å²) in [5.74, 6) is 0. The summed E-state index contributed by atoms with van der Waals surface area (Å²) in [5, 5.41) is 3.60. The molecule has 3 heteroatoms. The van der Waals surface area contributed by atoms with Gasteiger partial charge in [0.1, 0.15) is 0 Å². The van der Waals surface area contributed by atoms with Crippen molar-refractivity contribution in [1.29, 1.82) is 0 Å². The van der Waals surface area contributed by atoms with Crippen LogP contribution in [-0.4, -0.2) is 32.3 Å². The maximum absolute atomic E-state index is 5.97. The number of fused-ring (bicyclic) bond motifs is 1. The Balaban J connectivity index is 1.75. The van der Waals surface area contributed by atoms with Crippen LogP contribution in [0.5, 0.6) is 0 Å². The Morgan fingerprint density at radius 1 is 1.35 bits per heavy atom. The number of benzene rings is 1. The molecule has 2 aliphatic heterocycles. The molecule has 110 valence electrons. The molecule has 0 aromatic heterocycles. The average molecular weight is 274 g/mol. The van der Waals surface area contributed by atoms with E-state index in [1.54, 1.807) is 0 Å². The second kappa shape index (κ2) is 6.49. The summed E-state index contributed by atoms with van der Waals surface area (Å²) in [5.41, 5.74) is 4.23. The van der Waals surface area contributed by atoms with Gasteiger partial charge in [-0.1, -0.05) is 19.1 Å². The summed E-state index contributed by atoms with van der Waals surface area (Å²) >= 11 is 0. The lowest BCUT2D eigenvalue weighted by molar-refractivity contribution is 0.0441. The first-order valence-corrected chi connectivity index (χ1v) is 8.11. The SMILES string of the molecule is CCCOC1CCCN(c2cccc3c2NCCC3)C1. The van der Waals surface area contributed by atoms with Crippen molar-refractivity contribution in [2.45, 2.75) is 45.1 Å². The molecule has 1 atom stereocenters. The first-order valence-electron chi connectivity index (χ1n) is 8.11. The molecule has 0 saturated carbocycles. The Kier molecular flexibility index (Phi) is 4.46. The average Bonchev–Trinajstić information content (AvgIpc) is 2.52. The molecule has 1 aromatic carbocycles. The molecule has 0 bridgehead atoms. The standard InChI is InChI=1S/C17H26N2O/c1-2-12-20-15-8-5-11-19(13-15)16-9-3-6-14-7-4-10-18-17(14)16/h3,6,9,15,18H,2,4-5,7-8,10-13H2,1H3. The predicted octanol–water partition coefficient (Wildman–Crippen LogP) is 3.44. The van der Waals surface area contributed by atoms with Crippen LogP contribution in [-0.2, 0) is 11.2 Å². The van der Waals surface area contributed by atoms with Gasteiger partial charge in [0.05, 0.1) is 17.5 Å². The molecule has 1 saturated heterocycles. The molecule has 0 aliphatic carbocycles. The van der Waals surface area contributed by atoms with Crippen molar-refractivity contribution in [2.75, 3.05) is 36.5 Å². The number of hydrogen-bond acceptors (Lipinski definition) is 3. The smallest absolute Gasteiger partial charge is 0.0750 e. The van der Waals surface area contributed by atoms with E-state index in [0.717, 1.165) is 32.7 Å². The van der Waals surface area contributed by atoms with E-state index >= 15 is 0 Å². The largest absolute Gasteiger partial charge is 0.383 e. The van der Waals surface area contributed by atoms with E-state index in [0.29, 0.717) is 6.10 Å². The van der Waals surface area contributed by atoms with Gasteiger partial charge in [0.2, 0.25) is 0 Å². The molecule has 20 heavy (non-hydrogen) atoms. The van der Waals surface area contributed by atoms with Crippen LogP contribution in [0, 0.1) is 0 Å². The normalized spacial score (nSPS) is 22.2. The van der Waals surface area contributed by atoms with E-state index in [9.17, 15) is 0 Å². The van der Waals surface area contributed by atoms with Gasteiger partial charge in [-0.2, -0.15) is 0 Å². The minimum atomic E-state index is 0.406. The first kappa shape index (κ1) is 13.7. The van der Waals surface area contributed by atoms with Crippen molar-refractivity contribution in [1.82, 2.24) is 0 Å². The number of para-hydroxylation sites is 1. The molecule has 1 N–H and O–H groups in total. The molecule has 3 rings (SSSR count). The van der Waals surface area contributed by atoms with Gasteiger partial charge in [-0.3, -0.25) is 0 Å². The quantitative estimate of drug-likeness (QED) is 0.910. The maximum atomic E-state index is 5.97. The fourth-order valence-corrected chi connectivity index (χ4v) is 3.33. The number of anilines is 2. The molecule has 0 radical (unpaired) electrons. The Labute approximate surface area is 122 Å². The van der Waals surface area contributed by atoms with Crippen molar-refractivity contribution in [3.63, 3.8) is 0 Å². The molecule has 0 spiro atoms. The monoisotopic (exact) mass is 274 g/mol. The highest BCUT2D eigenvalue weighted by Crippen LogP contribution is 2.34. The Bertz CT molecular complexity index is 447. The van der Waals surface area contributed by atoms with Gasteiger partial charge >= 0.3 is 0 Å². The van der Waals surface area contributed by atoms with Crippen LogP contribution in [0.4, 0.5) is 11.4 Å². The summed E-state index contributed by atoms with van der Waals surface area (Å²) < 4.78 is 5.97. The number of ether oxygens (including phenoxy) is 1. The van der Waals surface area contributed by atoms with Gasteiger partial charge in [0.15, 0.2) is 0 Å². The number of aryl methyl sites for hydroxylation is 1. The van der Waals surface area contributed by atoms with Crippen LogP contribution in [0.2, 0.25) is 0 Å². The minimum Gasteiger partial charge on any atom is -0.383 e. The third kappa shape index (κ3) is 2.93. The van der Waals surface area contributed by atoms with E-state index in [-0.39, 0.29) is 0 Å². The highest BCUT2D eigenvalue weighted by molar-refractivity contribution is 5.74. The van der Waals surface area contributed by atoms with Gasteiger partial charge in [-0.25, -0.2) is 0 Å². The summed E-state index contributed by atoms with van der Waals surface area (Å²) in [7, 11) is 0. The second-order valence-electron chi connectivity index (χ2n) is 5.92. The molecule has 3 nitrogen and oxygen atoms in total. The predicted molar refractivity (Wildman–Crippen MR) is 84.7 cm³/mol. The van der Waals surface area contributed by atoms with Crippen LogP contribution in [0.25, 0.3) is 0 Å². The van der Waals surface area contributed by atoms with Crippen LogP contribution >= 0.6 is 0 Å². The highest BCUT2D eigenvalue weighted by atomic mass is 16.5. The number of hydrogen-bond donors (Lipinski definition) is 1. The Morgan fingerprint density at radius 2 is 2.30 bits per heavy atom. The zero-order valence-electron chi connectivity index (χ0n) is 12.5. The topological polar surface area (TPSA) is 24.5 Å². The summed E-state index contributed by atoms with van der Waals surface area (Å²) in [4.78, 5) is 2.51. The van der Waals surface area contributed by atoms with Crippen molar-refractivity contribution in [3.8, 4) is 0 Å². The molecule has 2 heterocycles. The van der Waals surface area contributed by atoms with Gasteiger partial charge in [-0.15, -0.1) is 0 Å². The molecule has 1 fully saturated rings. The second-order valence-corrected chi connectivity index (χ2v) is 5.92. The van der Waals surface area contributed by atoms with Crippen molar-refractivity contribution in [2.24, 2.45) is 0 Å². The summed E-state index contributed by atoms with van der Waals surface area (Å²) in [6.45, 7) is 6.37. The maximum Gasteiger partial charge on any atom is 0.0750 e. The number of nitrogens with one attached hydrogen (secondary N) is 1. The third-order valence-corrected chi connectivity index (χ3v) is 4.33. The van der Waals surface area contributed by atoms with Crippen LogP contribution < -0.4 is 10.2 Å². The van der Waals surface area contributed by atoms with Crippen LogP contribution in [0.15, 0.2) is 18.2 Å². The van der Waals surface area contributed by atoms with Gasteiger partial charge < -0.3 is 15.0 Å². The number of piperidine rings is 1. The Hall–Kier alpha value is -1.22. The first-order chi connectivity index (χ1) is 9.88. The molecule has 0 amide bonds. The lowest BCUT2D eigenvalue weighted by Gasteiger charge is -2.36. The highest BCUT2D eigenvalue weighted by Gasteiger charge is 2.23. The molecule has 1 unspecified atom stereocenters. The van der Waals surface area contributed by atoms with Gasteiger partial charge in [0, 0.05) is 26.2 Å². The summed E-state index contributed by atoms with van der Waals surface area (Å²) in [6.07, 6.45) is 6.41. The van der Waals surface area contributed by atoms with Crippen molar-refractivity contribution < 1.29 is 4.74 Å². The lowest BCUT2D eigenvalue weighted by atomic mass is 10.00. The molecular formula is C17H26N2O. The van der Waals surface area contributed by atoms with E-state index in [1.807, 2.05) is 0 Å². The van der Waals surface area contributed by atoms with Crippen molar-refractivity contribution in [3.05, 3.63) is 23.8 Å². The fourth-order valence-electron chi connectivity index (χ4n) is 3.33. The third-order valence-electron chi connectivity index (χ3n) is 4.33. The summed E-state index contributed by atoms with van der Waals surface area (Å²) in [6, 6.07) is 6.73. The number of rotatable bonds is 4. The minimum absolute atomic E-state index is 0.406. The fraction of sp³-hybridized carbons (Fsp3) is 0.647. The van der Waals surface area contributed by atoms with Crippen molar-refractivity contribution >= 4 is 11.4 Å².